The smallest absolute Gasteiger partial charge is 0.455 e. The highest BCUT2D eigenvalue weighted by Crippen LogP contribution is 2.21. The quantitative estimate of drug-likeness (QED) is 0.265. The second-order valence-corrected chi connectivity index (χ2v) is 6.92. The minimum absolute atomic E-state index is 0.487. The molecule has 0 radical (unpaired) electrons. The third-order valence-electron chi connectivity index (χ3n) is 2.74. The van der Waals surface area contributed by atoms with Crippen molar-refractivity contribution in [2.24, 2.45) is 0 Å². The average molecular weight is 276 g/mol. The zero-order chi connectivity index (χ0) is 14.0. The Hall–Kier alpha value is -0.693. The van der Waals surface area contributed by atoms with E-state index in [2.05, 4.69) is 13.5 Å². The lowest BCUT2D eigenvalue weighted by Gasteiger charge is -2.31. The fourth-order valence-electron chi connectivity index (χ4n) is 1.72. The van der Waals surface area contributed by atoms with Crippen molar-refractivity contribution in [3.63, 3.8) is 0 Å². The molecule has 0 aliphatic carbocycles. The Bertz CT molecular complexity index is 245. The van der Waals surface area contributed by atoms with Crippen molar-refractivity contribution < 1.29 is 22.8 Å². The van der Waals surface area contributed by atoms with Crippen molar-refractivity contribution in [3.8, 4) is 0 Å². The van der Waals surface area contributed by atoms with Crippen LogP contribution in [0.5, 0.6) is 0 Å². The van der Waals surface area contributed by atoms with Gasteiger partial charge in [-0.25, -0.2) is 4.79 Å². The third kappa shape index (κ3) is 4.89. The number of rotatable bonds is 10. The van der Waals surface area contributed by atoms with E-state index in [0.717, 1.165) is 25.3 Å². The Morgan fingerprint density at radius 1 is 1.22 bits per heavy atom. The van der Waals surface area contributed by atoms with Crippen LogP contribution >= 0.6 is 0 Å². The van der Waals surface area contributed by atoms with E-state index in [1.54, 1.807) is 0 Å². The van der Waals surface area contributed by atoms with Crippen LogP contribution in [-0.4, -0.2) is 41.8 Å². The fraction of sp³-hybridized carbons (Fsp3) is 0.750. The van der Waals surface area contributed by atoms with Gasteiger partial charge in [0, 0.05) is 27.4 Å². The molecule has 0 aliphatic heterocycles. The molecule has 0 saturated heterocycles. The number of carbonyl (C=O) groups excluding carboxylic acids is 1. The predicted octanol–water partition coefficient (Wildman–Crippen LogP) is 2.08. The van der Waals surface area contributed by atoms with Crippen LogP contribution in [0.2, 0.25) is 0 Å². The van der Waals surface area contributed by atoms with Gasteiger partial charge in [0.2, 0.25) is 0 Å². The first-order valence-electron chi connectivity index (χ1n) is 6.08. The van der Waals surface area contributed by atoms with Crippen molar-refractivity contribution >= 4 is 14.8 Å². The molecule has 0 aliphatic rings. The number of hydrogen-bond donors (Lipinski definition) is 0. The normalized spacial score (nSPS) is 13.1. The molecule has 1 unspecified atom stereocenters. The molecule has 0 N–H and O–H groups in total. The standard InChI is InChI=1S/C12H24O5Si/c1-6-8-9-10-12(17-11(13)7-2)18(14-3,15-4)16-5/h7,12H,2,6,8-10H2,1,3-5H3. The summed E-state index contributed by atoms with van der Waals surface area (Å²) in [6, 6.07) is 0. The van der Waals surface area contributed by atoms with Gasteiger partial charge in [0.1, 0.15) is 0 Å². The highest BCUT2D eigenvalue weighted by atomic mass is 28.4. The second-order valence-electron chi connectivity index (χ2n) is 3.84. The van der Waals surface area contributed by atoms with Crippen LogP contribution < -0.4 is 0 Å². The highest BCUT2D eigenvalue weighted by molar-refractivity contribution is 6.62. The van der Waals surface area contributed by atoms with Crippen molar-refractivity contribution in [2.75, 3.05) is 21.3 Å². The van der Waals surface area contributed by atoms with Gasteiger partial charge in [-0.1, -0.05) is 26.3 Å². The average Bonchev–Trinajstić information content (AvgIpc) is 2.41. The Labute approximate surface area is 110 Å². The molecule has 0 aromatic heterocycles. The summed E-state index contributed by atoms with van der Waals surface area (Å²) in [6.07, 6.45) is 4.87. The Kier molecular flexibility index (Phi) is 8.91. The summed E-state index contributed by atoms with van der Waals surface area (Å²) in [6.45, 7) is 5.50. The van der Waals surface area contributed by atoms with Crippen LogP contribution in [0.4, 0.5) is 0 Å². The van der Waals surface area contributed by atoms with E-state index < -0.39 is 20.5 Å². The van der Waals surface area contributed by atoms with Crippen LogP contribution in [0.1, 0.15) is 32.6 Å². The van der Waals surface area contributed by atoms with E-state index in [-0.39, 0.29) is 0 Å². The zero-order valence-electron chi connectivity index (χ0n) is 11.7. The predicted molar refractivity (Wildman–Crippen MR) is 71.0 cm³/mol. The van der Waals surface area contributed by atoms with Crippen LogP contribution in [0.3, 0.4) is 0 Å². The molecule has 0 heterocycles. The van der Waals surface area contributed by atoms with Crippen LogP contribution in [0.25, 0.3) is 0 Å². The van der Waals surface area contributed by atoms with E-state index in [1.807, 2.05) is 0 Å². The van der Waals surface area contributed by atoms with Gasteiger partial charge in [0.05, 0.1) is 0 Å². The van der Waals surface area contributed by atoms with E-state index in [4.69, 9.17) is 18.0 Å². The second kappa shape index (κ2) is 9.27. The summed E-state index contributed by atoms with van der Waals surface area (Å²) in [7, 11) is 1.56. The van der Waals surface area contributed by atoms with Gasteiger partial charge in [0.15, 0.2) is 5.73 Å². The number of ether oxygens (including phenoxy) is 1. The summed E-state index contributed by atoms with van der Waals surface area (Å²) in [5.74, 6) is -0.487. The summed E-state index contributed by atoms with van der Waals surface area (Å²) >= 11 is 0. The molecule has 0 aromatic rings. The third-order valence-corrected chi connectivity index (χ3v) is 5.65. The maximum Gasteiger partial charge on any atom is 0.543 e. The lowest BCUT2D eigenvalue weighted by Crippen LogP contribution is -2.56. The van der Waals surface area contributed by atoms with Gasteiger partial charge in [-0.15, -0.1) is 0 Å². The minimum Gasteiger partial charge on any atom is -0.455 e. The number of esters is 1. The van der Waals surface area contributed by atoms with Gasteiger partial charge in [-0.3, -0.25) is 0 Å². The van der Waals surface area contributed by atoms with Gasteiger partial charge in [-0.05, 0) is 12.8 Å². The van der Waals surface area contributed by atoms with Crippen molar-refractivity contribution in [1.29, 1.82) is 0 Å². The van der Waals surface area contributed by atoms with Crippen molar-refractivity contribution in [2.45, 2.75) is 38.3 Å². The lowest BCUT2D eigenvalue weighted by molar-refractivity contribution is -0.142. The summed E-state index contributed by atoms with van der Waals surface area (Å²) in [5, 5.41) is 0. The number of unbranched alkanes of at least 4 members (excludes halogenated alkanes) is 2. The monoisotopic (exact) mass is 276 g/mol. The molecule has 0 spiro atoms. The Morgan fingerprint density at radius 2 is 1.78 bits per heavy atom. The highest BCUT2D eigenvalue weighted by Gasteiger charge is 2.49. The molecule has 18 heavy (non-hydrogen) atoms. The molecule has 1 atom stereocenters. The van der Waals surface area contributed by atoms with Gasteiger partial charge in [-0.2, -0.15) is 0 Å². The number of carbonyl (C=O) groups is 1. The maximum atomic E-state index is 11.4. The molecule has 106 valence electrons. The molecule has 0 bridgehead atoms. The van der Waals surface area contributed by atoms with E-state index in [9.17, 15) is 4.79 Å². The van der Waals surface area contributed by atoms with Gasteiger partial charge >= 0.3 is 14.8 Å². The van der Waals surface area contributed by atoms with E-state index >= 15 is 0 Å². The molecule has 0 saturated carbocycles. The Morgan fingerprint density at radius 3 is 2.17 bits per heavy atom. The Balaban J connectivity index is 4.79. The topological polar surface area (TPSA) is 54.0 Å². The van der Waals surface area contributed by atoms with Crippen LogP contribution in [0.15, 0.2) is 12.7 Å². The maximum absolute atomic E-state index is 11.4. The molecular formula is C12H24O5Si. The lowest BCUT2D eigenvalue weighted by atomic mass is 10.2. The fourth-order valence-corrected chi connectivity index (χ4v) is 3.83. The van der Waals surface area contributed by atoms with E-state index in [1.165, 1.54) is 21.3 Å². The van der Waals surface area contributed by atoms with Crippen LogP contribution in [0, 0.1) is 0 Å². The largest absolute Gasteiger partial charge is 0.543 e. The first-order valence-corrected chi connectivity index (χ1v) is 7.88. The molecular weight excluding hydrogens is 252 g/mol. The molecule has 0 fully saturated rings. The first-order chi connectivity index (χ1) is 8.60. The molecule has 6 heteroatoms. The molecule has 5 nitrogen and oxygen atoms in total. The minimum atomic E-state index is -2.97. The first kappa shape index (κ1) is 17.3. The molecule has 0 amide bonds. The number of hydrogen-bond acceptors (Lipinski definition) is 5. The van der Waals surface area contributed by atoms with Gasteiger partial charge in [0.25, 0.3) is 0 Å². The zero-order valence-corrected chi connectivity index (χ0v) is 12.7. The summed E-state index contributed by atoms with van der Waals surface area (Å²) < 4.78 is 21.4. The van der Waals surface area contributed by atoms with Crippen molar-refractivity contribution in [1.82, 2.24) is 0 Å². The summed E-state index contributed by atoms with van der Waals surface area (Å²) in [4.78, 5) is 11.4. The molecule has 0 aromatic carbocycles. The molecule has 0 rings (SSSR count). The SMILES string of the molecule is C=CC(=O)OC(CCCCC)[Si](OC)(OC)OC. The van der Waals surface area contributed by atoms with Gasteiger partial charge < -0.3 is 18.0 Å². The van der Waals surface area contributed by atoms with E-state index in [0.29, 0.717) is 6.42 Å². The van der Waals surface area contributed by atoms with Crippen molar-refractivity contribution in [3.05, 3.63) is 12.7 Å². The van der Waals surface area contributed by atoms with Crippen LogP contribution in [-0.2, 0) is 22.8 Å². The summed E-state index contributed by atoms with van der Waals surface area (Å²) in [5.41, 5.74) is -0.491.